The van der Waals surface area contributed by atoms with Gasteiger partial charge in [-0.05, 0) is 12.1 Å². The van der Waals surface area contributed by atoms with Gasteiger partial charge in [-0.3, -0.25) is 14.9 Å². The molecule has 0 atom stereocenters. The van der Waals surface area contributed by atoms with Gasteiger partial charge < -0.3 is 4.84 Å². The second-order valence-corrected chi connectivity index (χ2v) is 3.68. The van der Waals surface area contributed by atoms with E-state index in [1.54, 1.807) is 6.08 Å². The second kappa shape index (κ2) is 3.48. The summed E-state index contributed by atoms with van der Waals surface area (Å²) in [6.07, 6.45) is 3.02. The van der Waals surface area contributed by atoms with Crippen LogP contribution in [0.25, 0.3) is 6.08 Å². The highest BCUT2D eigenvalue weighted by molar-refractivity contribution is 6.18. The topological polar surface area (TPSA) is 67.4 Å². The van der Waals surface area contributed by atoms with Crippen LogP contribution < -0.4 is 15.6 Å². The molecule has 0 saturated carbocycles. The number of fused-ring (bicyclic) bond motifs is 1. The van der Waals surface area contributed by atoms with Gasteiger partial charge in [0.1, 0.15) is 0 Å². The number of hydrogen-bond donors (Lipinski definition) is 2. The second-order valence-electron chi connectivity index (χ2n) is 3.68. The Labute approximate surface area is 96.7 Å². The van der Waals surface area contributed by atoms with Crippen LogP contribution in [-0.2, 0) is 9.59 Å². The molecule has 0 aromatic heterocycles. The predicted molar refractivity (Wildman–Crippen MR) is 59.4 cm³/mol. The van der Waals surface area contributed by atoms with Gasteiger partial charge in [0.05, 0.1) is 11.3 Å². The van der Waals surface area contributed by atoms with Gasteiger partial charge in [0.15, 0.2) is 5.75 Å². The molecule has 17 heavy (non-hydrogen) atoms. The van der Waals surface area contributed by atoms with Gasteiger partial charge in [-0.2, -0.15) is 0 Å². The zero-order chi connectivity index (χ0) is 11.8. The maximum Gasteiger partial charge on any atom is 0.260 e. The Bertz CT molecular complexity index is 587. The van der Waals surface area contributed by atoms with E-state index in [2.05, 4.69) is 10.8 Å². The number of para-hydroxylation sites is 1. The average molecular weight is 228 g/mol. The van der Waals surface area contributed by atoms with Crippen LogP contribution >= 0.6 is 0 Å². The van der Waals surface area contributed by atoms with Gasteiger partial charge >= 0.3 is 0 Å². The summed E-state index contributed by atoms with van der Waals surface area (Å²) in [6, 6.07) is 7.40. The summed E-state index contributed by atoms with van der Waals surface area (Å²) in [5.74, 6) is -0.148. The molecular formula is C12H8N2O3. The molecule has 0 spiro atoms. The Kier molecular flexibility index (Phi) is 1.98. The lowest BCUT2D eigenvalue weighted by Crippen LogP contribution is -2.28. The summed E-state index contributed by atoms with van der Waals surface area (Å²) >= 11 is 0. The molecule has 1 aromatic rings. The molecule has 2 aliphatic heterocycles. The molecule has 0 radical (unpaired) electrons. The van der Waals surface area contributed by atoms with Crippen molar-refractivity contribution in [2.24, 2.45) is 0 Å². The summed E-state index contributed by atoms with van der Waals surface area (Å²) < 4.78 is 0. The lowest BCUT2D eigenvalue weighted by Gasteiger charge is -2.18. The summed E-state index contributed by atoms with van der Waals surface area (Å²) in [7, 11) is 0. The number of hydrogen-bond acceptors (Lipinski definition) is 4. The first-order valence-electron chi connectivity index (χ1n) is 5.05. The van der Waals surface area contributed by atoms with Crippen LogP contribution in [-0.4, -0.2) is 11.8 Å². The van der Waals surface area contributed by atoms with E-state index in [1.165, 1.54) is 6.08 Å². The quantitative estimate of drug-likeness (QED) is 0.687. The Morgan fingerprint density at radius 2 is 1.88 bits per heavy atom. The van der Waals surface area contributed by atoms with Gasteiger partial charge in [-0.15, -0.1) is 0 Å². The first-order chi connectivity index (χ1) is 8.24. The molecule has 0 bridgehead atoms. The smallest absolute Gasteiger partial charge is 0.260 e. The minimum Gasteiger partial charge on any atom is -0.382 e. The minimum atomic E-state index is -0.420. The van der Waals surface area contributed by atoms with Crippen molar-refractivity contribution in [3.8, 4) is 5.75 Å². The van der Waals surface area contributed by atoms with E-state index in [1.807, 2.05) is 24.3 Å². The monoisotopic (exact) mass is 228 g/mol. The average Bonchev–Trinajstić information content (AvgIpc) is 2.68. The van der Waals surface area contributed by atoms with Gasteiger partial charge in [-0.25, -0.2) is 5.48 Å². The molecular weight excluding hydrogens is 220 g/mol. The maximum atomic E-state index is 11.5. The van der Waals surface area contributed by atoms with Crippen molar-refractivity contribution >= 4 is 17.9 Å². The summed E-state index contributed by atoms with van der Waals surface area (Å²) in [4.78, 5) is 27.8. The van der Waals surface area contributed by atoms with Crippen molar-refractivity contribution in [1.82, 2.24) is 10.8 Å². The normalized spacial score (nSPS) is 17.4. The third-order valence-corrected chi connectivity index (χ3v) is 2.54. The number of carbonyl (C=O) groups is 2. The van der Waals surface area contributed by atoms with Crippen molar-refractivity contribution in [3.63, 3.8) is 0 Å². The Morgan fingerprint density at radius 3 is 2.65 bits per heavy atom. The van der Waals surface area contributed by atoms with Gasteiger partial charge in [-0.1, -0.05) is 18.2 Å². The van der Waals surface area contributed by atoms with E-state index in [0.717, 1.165) is 5.56 Å². The highest BCUT2D eigenvalue weighted by Crippen LogP contribution is 2.26. The first kappa shape index (κ1) is 9.65. The Morgan fingerprint density at radius 1 is 1.06 bits per heavy atom. The van der Waals surface area contributed by atoms with E-state index in [4.69, 9.17) is 4.84 Å². The van der Waals surface area contributed by atoms with Gasteiger partial charge in [0.25, 0.3) is 11.8 Å². The summed E-state index contributed by atoms with van der Waals surface area (Å²) in [5, 5.41) is 2.18. The number of benzene rings is 1. The van der Waals surface area contributed by atoms with E-state index in [0.29, 0.717) is 11.4 Å². The Balaban J connectivity index is 2.02. The molecule has 2 amide bonds. The third kappa shape index (κ3) is 1.57. The summed E-state index contributed by atoms with van der Waals surface area (Å²) in [6.45, 7) is 0. The first-order valence-corrected chi connectivity index (χ1v) is 5.05. The molecule has 0 aliphatic carbocycles. The van der Waals surface area contributed by atoms with E-state index in [9.17, 15) is 9.59 Å². The zero-order valence-corrected chi connectivity index (χ0v) is 8.69. The number of imide groups is 1. The molecule has 0 unspecified atom stereocenters. The largest absolute Gasteiger partial charge is 0.382 e. The van der Waals surface area contributed by atoms with Crippen LogP contribution in [0.3, 0.4) is 0 Å². The van der Waals surface area contributed by atoms with E-state index in [-0.39, 0.29) is 5.57 Å². The molecule has 2 heterocycles. The highest BCUT2D eigenvalue weighted by atomic mass is 16.6. The number of carbonyl (C=O) groups excluding carboxylic acids is 2. The van der Waals surface area contributed by atoms with Crippen molar-refractivity contribution in [2.75, 3.05) is 0 Å². The van der Waals surface area contributed by atoms with Crippen molar-refractivity contribution in [2.45, 2.75) is 0 Å². The van der Waals surface area contributed by atoms with Crippen molar-refractivity contribution < 1.29 is 14.4 Å². The molecule has 84 valence electrons. The summed E-state index contributed by atoms with van der Waals surface area (Å²) in [5.41, 5.74) is 4.26. The lowest BCUT2D eigenvalue weighted by molar-refractivity contribution is -0.123. The number of nitrogens with one attached hydrogen (secondary N) is 2. The fourth-order valence-corrected chi connectivity index (χ4v) is 1.73. The molecule has 3 rings (SSSR count). The molecule has 2 N–H and O–H groups in total. The Hall–Kier alpha value is -2.56. The minimum absolute atomic E-state index is 0.282. The van der Waals surface area contributed by atoms with Crippen molar-refractivity contribution in [3.05, 3.63) is 47.2 Å². The van der Waals surface area contributed by atoms with Crippen molar-refractivity contribution in [1.29, 1.82) is 0 Å². The van der Waals surface area contributed by atoms with Crippen LogP contribution in [0.15, 0.2) is 41.6 Å². The fraction of sp³-hybridized carbons (Fsp3) is 0. The molecule has 0 fully saturated rings. The lowest BCUT2D eigenvalue weighted by atomic mass is 10.1. The molecule has 2 aliphatic rings. The van der Waals surface area contributed by atoms with Gasteiger partial charge in [0, 0.05) is 11.6 Å². The number of rotatable bonds is 1. The fourth-order valence-electron chi connectivity index (χ4n) is 1.73. The molecule has 5 heteroatoms. The predicted octanol–water partition coefficient (Wildman–Crippen LogP) is 0.507. The molecule has 5 nitrogen and oxygen atoms in total. The number of hydroxylamine groups is 1. The molecule has 1 aromatic carbocycles. The molecule has 0 saturated heterocycles. The SMILES string of the molecule is O=C1C=C(C2=Cc3ccccc3ON2)C(=O)N1. The third-order valence-electron chi connectivity index (χ3n) is 2.54. The van der Waals surface area contributed by atoms with Crippen LogP contribution in [0.2, 0.25) is 0 Å². The highest BCUT2D eigenvalue weighted by Gasteiger charge is 2.26. The van der Waals surface area contributed by atoms with Crippen LogP contribution in [0.5, 0.6) is 5.75 Å². The number of amides is 2. The van der Waals surface area contributed by atoms with E-state index < -0.39 is 11.8 Å². The van der Waals surface area contributed by atoms with Gasteiger partial charge in [0.2, 0.25) is 0 Å². The standard InChI is InChI=1S/C12H8N2O3/c15-11-6-8(12(16)13-11)9-5-7-3-1-2-4-10(7)17-14-9/h1-6,14H,(H,13,15,16). The zero-order valence-electron chi connectivity index (χ0n) is 8.69. The van der Waals surface area contributed by atoms with Crippen LogP contribution in [0.4, 0.5) is 0 Å². The van der Waals surface area contributed by atoms with Crippen LogP contribution in [0, 0.1) is 0 Å². The maximum absolute atomic E-state index is 11.5. The van der Waals surface area contributed by atoms with E-state index >= 15 is 0 Å². The van der Waals surface area contributed by atoms with Crippen LogP contribution in [0.1, 0.15) is 5.56 Å².